The molecule has 9 heteroatoms. The number of rotatable bonds is 6. The zero-order chi connectivity index (χ0) is 24.4. The standard InChI is InChI=1S/C25H23BrN2O4S2/c1-5-32-24(30)21-14(2)27-25-28(22(21)16-7-9-17(33-4)10-8-16)23(29)20(34-25)13-15-6-11-19(31-3)18(26)12-15/h6-13,22H,5H2,1-4H3/b20-13-. The quantitative estimate of drug-likeness (QED) is 0.333. The van der Waals surface area contributed by atoms with Crippen LogP contribution < -0.4 is 19.6 Å². The molecule has 0 saturated carbocycles. The summed E-state index contributed by atoms with van der Waals surface area (Å²) in [6, 6.07) is 12.9. The molecule has 1 aromatic heterocycles. The number of nitrogens with zero attached hydrogens (tertiary/aromatic N) is 2. The fourth-order valence-electron chi connectivity index (χ4n) is 3.82. The van der Waals surface area contributed by atoms with Crippen molar-refractivity contribution in [3.05, 3.63) is 89.0 Å². The number of esters is 1. The number of benzene rings is 2. The monoisotopic (exact) mass is 558 g/mol. The third kappa shape index (κ3) is 4.64. The Morgan fingerprint density at radius 2 is 2.00 bits per heavy atom. The van der Waals surface area contributed by atoms with Crippen LogP contribution in [0.4, 0.5) is 0 Å². The van der Waals surface area contributed by atoms with Gasteiger partial charge in [0.2, 0.25) is 0 Å². The van der Waals surface area contributed by atoms with Crippen molar-refractivity contribution in [3.63, 3.8) is 0 Å². The first-order valence-corrected chi connectivity index (χ1v) is 13.4. The first-order chi connectivity index (χ1) is 16.4. The molecule has 4 rings (SSSR count). The molecule has 0 aliphatic carbocycles. The van der Waals surface area contributed by atoms with Crippen molar-refractivity contribution in [2.45, 2.75) is 24.8 Å². The van der Waals surface area contributed by atoms with Gasteiger partial charge in [-0.05, 0) is 77.5 Å². The van der Waals surface area contributed by atoms with Gasteiger partial charge in [-0.25, -0.2) is 9.79 Å². The Labute approximate surface area is 213 Å². The van der Waals surface area contributed by atoms with Crippen LogP contribution in [-0.2, 0) is 9.53 Å². The van der Waals surface area contributed by atoms with E-state index >= 15 is 0 Å². The number of hydrogen-bond acceptors (Lipinski definition) is 7. The molecule has 34 heavy (non-hydrogen) atoms. The van der Waals surface area contributed by atoms with Gasteiger partial charge in [0.15, 0.2) is 4.80 Å². The van der Waals surface area contributed by atoms with Crippen molar-refractivity contribution in [2.24, 2.45) is 4.99 Å². The number of carbonyl (C=O) groups is 1. The molecule has 1 aliphatic rings. The Morgan fingerprint density at radius 3 is 2.62 bits per heavy atom. The van der Waals surface area contributed by atoms with Crippen LogP contribution in [0.1, 0.15) is 31.0 Å². The van der Waals surface area contributed by atoms with Crippen molar-refractivity contribution in [2.75, 3.05) is 20.0 Å². The van der Waals surface area contributed by atoms with Crippen LogP contribution in [0.25, 0.3) is 6.08 Å². The summed E-state index contributed by atoms with van der Waals surface area (Å²) in [5.41, 5.74) is 2.40. The van der Waals surface area contributed by atoms with E-state index in [9.17, 15) is 9.59 Å². The Hall–Kier alpha value is -2.62. The van der Waals surface area contributed by atoms with Gasteiger partial charge in [-0.15, -0.1) is 11.8 Å². The maximum Gasteiger partial charge on any atom is 0.338 e. The zero-order valence-electron chi connectivity index (χ0n) is 19.1. The van der Waals surface area contributed by atoms with Gasteiger partial charge in [0.05, 0.1) is 40.0 Å². The van der Waals surface area contributed by atoms with E-state index in [1.54, 1.807) is 37.3 Å². The molecule has 1 atom stereocenters. The molecule has 2 aromatic carbocycles. The molecule has 0 spiro atoms. The van der Waals surface area contributed by atoms with E-state index in [1.165, 1.54) is 11.3 Å². The molecule has 0 bridgehead atoms. The lowest BCUT2D eigenvalue weighted by Gasteiger charge is -2.24. The fourth-order valence-corrected chi connectivity index (χ4v) is 5.83. The average Bonchev–Trinajstić information content (AvgIpc) is 3.12. The largest absolute Gasteiger partial charge is 0.496 e. The van der Waals surface area contributed by atoms with Gasteiger partial charge >= 0.3 is 5.97 Å². The van der Waals surface area contributed by atoms with Gasteiger partial charge in [-0.2, -0.15) is 0 Å². The number of aromatic nitrogens is 1. The van der Waals surface area contributed by atoms with Crippen LogP contribution in [-0.4, -0.2) is 30.5 Å². The zero-order valence-corrected chi connectivity index (χ0v) is 22.3. The smallest absolute Gasteiger partial charge is 0.338 e. The first-order valence-electron chi connectivity index (χ1n) is 10.5. The Kier molecular flexibility index (Phi) is 7.45. The number of thiazole rings is 1. The molecular weight excluding hydrogens is 536 g/mol. The Bertz CT molecular complexity index is 1460. The summed E-state index contributed by atoms with van der Waals surface area (Å²) < 4.78 is 13.6. The summed E-state index contributed by atoms with van der Waals surface area (Å²) in [4.78, 5) is 32.8. The number of hydrogen-bond donors (Lipinski definition) is 0. The van der Waals surface area contributed by atoms with E-state index in [4.69, 9.17) is 9.47 Å². The number of carbonyl (C=O) groups excluding carboxylic acids is 1. The molecule has 0 radical (unpaired) electrons. The van der Waals surface area contributed by atoms with Crippen molar-refractivity contribution >= 4 is 51.1 Å². The number of ether oxygens (including phenoxy) is 2. The van der Waals surface area contributed by atoms with E-state index in [0.717, 1.165) is 20.5 Å². The van der Waals surface area contributed by atoms with Crippen LogP contribution in [0.15, 0.2) is 72.9 Å². The van der Waals surface area contributed by atoms with Crippen LogP contribution in [0, 0.1) is 0 Å². The second-order valence-corrected chi connectivity index (χ2v) is 10.2. The highest BCUT2D eigenvalue weighted by atomic mass is 79.9. The molecule has 6 nitrogen and oxygen atoms in total. The molecule has 0 amide bonds. The molecule has 0 N–H and O–H groups in total. The van der Waals surface area contributed by atoms with Crippen molar-refractivity contribution in [1.29, 1.82) is 0 Å². The summed E-state index contributed by atoms with van der Waals surface area (Å²) >= 11 is 6.42. The summed E-state index contributed by atoms with van der Waals surface area (Å²) in [6.45, 7) is 3.79. The van der Waals surface area contributed by atoms with Crippen molar-refractivity contribution in [1.82, 2.24) is 4.57 Å². The van der Waals surface area contributed by atoms with Gasteiger partial charge in [-0.3, -0.25) is 9.36 Å². The third-order valence-electron chi connectivity index (χ3n) is 5.42. The van der Waals surface area contributed by atoms with E-state index in [0.29, 0.717) is 26.4 Å². The lowest BCUT2D eigenvalue weighted by molar-refractivity contribution is -0.139. The van der Waals surface area contributed by atoms with Gasteiger partial charge in [0.25, 0.3) is 5.56 Å². The third-order valence-corrected chi connectivity index (χ3v) is 7.77. The van der Waals surface area contributed by atoms with Crippen LogP contribution >= 0.6 is 39.0 Å². The molecule has 1 unspecified atom stereocenters. The number of methoxy groups -OCH3 is 1. The molecule has 176 valence electrons. The van der Waals surface area contributed by atoms with E-state index in [2.05, 4.69) is 20.9 Å². The minimum atomic E-state index is -0.615. The highest BCUT2D eigenvalue weighted by molar-refractivity contribution is 9.10. The molecular formula is C25H23BrN2O4S2. The minimum Gasteiger partial charge on any atom is -0.496 e. The van der Waals surface area contributed by atoms with E-state index in [-0.39, 0.29) is 12.2 Å². The summed E-state index contributed by atoms with van der Waals surface area (Å²) in [7, 11) is 1.60. The van der Waals surface area contributed by atoms with Crippen molar-refractivity contribution < 1.29 is 14.3 Å². The van der Waals surface area contributed by atoms with Gasteiger partial charge in [0.1, 0.15) is 5.75 Å². The van der Waals surface area contributed by atoms with Gasteiger partial charge in [-0.1, -0.05) is 29.5 Å². The number of thioether (sulfide) groups is 1. The Balaban J connectivity index is 1.92. The number of fused-ring (bicyclic) bond motifs is 1. The van der Waals surface area contributed by atoms with Crippen molar-refractivity contribution in [3.8, 4) is 5.75 Å². The lowest BCUT2D eigenvalue weighted by Crippen LogP contribution is -2.39. The summed E-state index contributed by atoms with van der Waals surface area (Å²) in [5.74, 6) is 0.248. The molecule has 0 saturated heterocycles. The average molecular weight is 560 g/mol. The van der Waals surface area contributed by atoms with Gasteiger partial charge < -0.3 is 9.47 Å². The topological polar surface area (TPSA) is 69.9 Å². The molecule has 0 fully saturated rings. The SMILES string of the molecule is CCOC(=O)C1=C(C)N=c2s/c(=C\c3ccc(OC)c(Br)c3)c(=O)n2C1c1ccc(SC)cc1. The number of halogens is 1. The molecule has 2 heterocycles. The second kappa shape index (κ2) is 10.3. The normalized spacial score (nSPS) is 15.7. The summed E-state index contributed by atoms with van der Waals surface area (Å²) in [5, 5.41) is 0. The fraction of sp³-hybridized carbons (Fsp3) is 0.240. The molecule has 3 aromatic rings. The highest BCUT2D eigenvalue weighted by Crippen LogP contribution is 2.32. The predicted octanol–water partition coefficient (Wildman–Crippen LogP) is 4.29. The minimum absolute atomic E-state index is 0.205. The van der Waals surface area contributed by atoms with Crippen LogP contribution in [0.2, 0.25) is 0 Å². The number of allylic oxidation sites excluding steroid dienone is 1. The highest BCUT2D eigenvalue weighted by Gasteiger charge is 2.33. The lowest BCUT2D eigenvalue weighted by atomic mass is 9.96. The van der Waals surface area contributed by atoms with Crippen LogP contribution in [0.5, 0.6) is 5.75 Å². The predicted molar refractivity (Wildman–Crippen MR) is 139 cm³/mol. The molecule has 1 aliphatic heterocycles. The van der Waals surface area contributed by atoms with E-state index in [1.807, 2.05) is 54.8 Å². The van der Waals surface area contributed by atoms with Crippen LogP contribution in [0.3, 0.4) is 0 Å². The Morgan fingerprint density at radius 1 is 1.26 bits per heavy atom. The summed E-state index contributed by atoms with van der Waals surface area (Å²) in [6.07, 6.45) is 3.83. The van der Waals surface area contributed by atoms with E-state index < -0.39 is 12.0 Å². The first kappa shape index (κ1) is 24.5. The second-order valence-electron chi connectivity index (χ2n) is 7.47. The van der Waals surface area contributed by atoms with Gasteiger partial charge in [0, 0.05) is 4.90 Å². The maximum absolute atomic E-state index is 13.6. The maximum atomic E-state index is 13.6.